The third kappa shape index (κ3) is 3.43. The van der Waals surface area contributed by atoms with E-state index in [4.69, 9.17) is 20.8 Å². The second-order valence-corrected chi connectivity index (χ2v) is 8.76. The van der Waals surface area contributed by atoms with E-state index in [1.807, 2.05) is 0 Å². The number of carbonyl (C=O) groups is 1. The Morgan fingerprint density at radius 2 is 2.19 bits per heavy atom. The van der Waals surface area contributed by atoms with E-state index in [0.717, 1.165) is 18.7 Å². The van der Waals surface area contributed by atoms with Crippen LogP contribution in [0.3, 0.4) is 0 Å². The zero-order chi connectivity index (χ0) is 21.7. The van der Waals surface area contributed by atoms with Crippen molar-refractivity contribution in [2.45, 2.75) is 39.3 Å². The maximum atomic E-state index is 12.8. The number of thiophene rings is 1. The van der Waals surface area contributed by atoms with Gasteiger partial charge in [0.2, 0.25) is 5.89 Å². The lowest BCUT2D eigenvalue weighted by Gasteiger charge is -2.08. The topological polar surface area (TPSA) is 100 Å². The van der Waals surface area contributed by atoms with Crippen molar-refractivity contribution in [2.24, 2.45) is 0 Å². The lowest BCUT2D eigenvalue weighted by molar-refractivity contribution is 0.0285. The molecule has 31 heavy (non-hydrogen) atoms. The number of esters is 1. The molecule has 1 aliphatic heterocycles. The standard InChI is InChI=1S/C21H17ClN4O4S/c1-10-15-19(23-14-7-4-8-26(14)20(15)27)31-16(10)21(28)29-11(2)17-24-25-18(30-17)12-5-3-6-13(22)9-12/h3,5-6,9,11H,4,7-8H2,1-2H3/t11-/m1/s1. The Morgan fingerprint density at radius 3 is 3.00 bits per heavy atom. The van der Waals surface area contributed by atoms with Crippen molar-refractivity contribution in [3.8, 4) is 11.5 Å². The van der Waals surface area contributed by atoms with Crippen molar-refractivity contribution in [1.29, 1.82) is 0 Å². The normalized spacial score (nSPS) is 14.0. The van der Waals surface area contributed by atoms with Crippen LogP contribution in [-0.4, -0.2) is 25.7 Å². The SMILES string of the molecule is Cc1c(C(=O)O[C@H](C)c2nnc(-c3cccc(Cl)c3)o2)sc2nc3n(c(=O)c12)CCC3. The molecule has 0 saturated carbocycles. The predicted molar refractivity (Wildman–Crippen MR) is 116 cm³/mol. The number of benzene rings is 1. The second-order valence-electron chi connectivity index (χ2n) is 7.33. The number of nitrogens with zero attached hydrogens (tertiary/aromatic N) is 4. The van der Waals surface area contributed by atoms with E-state index in [9.17, 15) is 9.59 Å². The third-order valence-corrected chi connectivity index (χ3v) is 6.64. The minimum atomic E-state index is -0.767. The fourth-order valence-corrected chi connectivity index (χ4v) is 4.94. The molecule has 1 atom stereocenters. The highest BCUT2D eigenvalue weighted by atomic mass is 35.5. The average molecular weight is 457 g/mol. The zero-order valence-electron chi connectivity index (χ0n) is 16.7. The summed E-state index contributed by atoms with van der Waals surface area (Å²) < 4.78 is 12.9. The molecule has 0 bridgehead atoms. The fraction of sp³-hybridized carbons (Fsp3) is 0.286. The van der Waals surface area contributed by atoms with Gasteiger partial charge in [-0.1, -0.05) is 17.7 Å². The molecule has 0 amide bonds. The van der Waals surface area contributed by atoms with Gasteiger partial charge in [-0.2, -0.15) is 0 Å². The largest absolute Gasteiger partial charge is 0.448 e. The maximum Gasteiger partial charge on any atom is 0.349 e. The first-order chi connectivity index (χ1) is 14.9. The van der Waals surface area contributed by atoms with Gasteiger partial charge in [0.25, 0.3) is 11.4 Å². The van der Waals surface area contributed by atoms with Gasteiger partial charge in [-0.25, -0.2) is 9.78 Å². The highest BCUT2D eigenvalue weighted by molar-refractivity contribution is 7.20. The minimum absolute atomic E-state index is 0.0959. The lowest BCUT2D eigenvalue weighted by atomic mass is 10.2. The molecule has 4 aromatic rings. The van der Waals surface area contributed by atoms with Crippen LogP contribution in [0.15, 0.2) is 33.5 Å². The molecule has 5 rings (SSSR count). The van der Waals surface area contributed by atoms with Crippen molar-refractivity contribution in [1.82, 2.24) is 19.7 Å². The first-order valence-electron chi connectivity index (χ1n) is 9.75. The monoisotopic (exact) mass is 456 g/mol. The highest BCUT2D eigenvalue weighted by Crippen LogP contribution is 2.31. The Labute approximate surface area is 185 Å². The summed E-state index contributed by atoms with van der Waals surface area (Å²) >= 11 is 7.18. The van der Waals surface area contributed by atoms with Gasteiger partial charge < -0.3 is 9.15 Å². The lowest BCUT2D eigenvalue weighted by Crippen LogP contribution is -2.20. The van der Waals surface area contributed by atoms with Crippen LogP contribution in [0.1, 0.15) is 46.4 Å². The first kappa shape index (κ1) is 19.9. The van der Waals surface area contributed by atoms with Crippen LogP contribution in [0.4, 0.5) is 0 Å². The van der Waals surface area contributed by atoms with Crippen LogP contribution in [-0.2, 0) is 17.7 Å². The van der Waals surface area contributed by atoms with Crippen molar-refractivity contribution in [2.75, 3.05) is 0 Å². The predicted octanol–water partition coefficient (Wildman–Crippen LogP) is 4.33. The van der Waals surface area contributed by atoms with Gasteiger partial charge in [-0.05, 0) is 44.0 Å². The molecule has 4 heterocycles. The molecule has 0 unspecified atom stereocenters. The molecular weight excluding hydrogens is 440 g/mol. The number of rotatable bonds is 4. The van der Waals surface area contributed by atoms with Crippen LogP contribution in [0.2, 0.25) is 5.02 Å². The van der Waals surface area contributed by atoms with Crippen LogP contribution in [0.25, 0.3) is 21.7 Å². The van der Waals surface area contributed by atoms with E-state index in [0.29, 0.717) is 37.8 Å². The number of carbonyl (C=O) groups excluding carboxylic acids is 1. The van der Waals surface area contributed by atoms with Crippen molar-refractivity contribution >= 4 is 39.1 Å². The summed E-state index contributed by atoms with van der Waals surface area (Å²) in [4.78, 5) is 31.2. The van der Waals surface area contributed by atoms with Crippen LogP contribution < -0.4 is 5.56 Å². The summed E-state index contributed by atoms with van der Waals surface area (Å²) in [6.45, 7) is 4.06. The fourth-order valence-electron chi connectivity index (χ4n) is 3.67. The second kappa shape index (κ2) is 7.58. The molecular formula is C21H17ClN4O4S. The van der Waals surface area contributed by atoms with Gasteiger partial charge in [0.1, 0.15) is 15.5 Å². The van der Waals surface area contributed by atoms with E-state index in [2.05, 4.69) is 15.2 Å². The summed E-state index contributed by atoms with van der Waals surface area (Å²) in [5, 5.41) is 9.03. The van der Waals surface area contributed by atoms with Gasteiger partial charge in [0, 0.05) is 23.6 Å². The molecule has 0 fully saturated rings. The smallest absolute Gasteiger partial charge is 0.349 e. The van der Waals surface area contributed by atoms with Gasteiger partial charge >= 0.3 is 5.97 Å². The summed E-state index contributed by atoms with van der Waals surface area (Å²) in [5.74, 6) is 0.663. The van der Waals surface area contributed by atoms with Crippen LogP contribution >= 0.6 is 22.9 Å². The first-order valence-corrected chi connectivity index (χ1v) is 10.9. The van der Waals surface area contributed by atoms with Gasteiger partial charge in [-0.15, -0.1) is 21.5 Å². The molecule has 158 valence electrons. The molecule has 8 nitrogen and oxygen atoms in total. The number of halogens is 1. The van der Waals surface area contributed by atoms with Gasteiger partial charge in [0.05, 0.1) is 5.39 Å². The highest BCUT2D eigenvalue weighted by Gasteiger charge is 2.26. The molecule has 1 aromatic carbocycles. The molecule has 3 aromatic heterocycles. The van der Waals surface area contributed by atoms with Crippen molar-refractivity contribution < 1.29 is 13.9 Å². The third-order valence-electron chi connectivity index (χ3n) is 5.24. The number of hydrogen-bond donors (Lipinski definition) is 0. The molecule has 0 saturated heterocycles. The summed E-state index contributed by atoms with van der Waals surface area (Å²) in [6, 6.07) is 7.03. The quantitative estimate of drug-likeness (QED) is 0.421. The van der Waals surface area contributed by atoms with E-state index in [1.54, 1.807) is 42.7 Å². The molecule has 0 aliphatic carbocycles. The van der Waals surface area contributed by atoms with E-state index in [-0.39, 0.29) is 17.3 Å². The average Bonchev–Trinajstić information content (AvgIpc) is 3.47. The Kier molecular flexibility index (Phi) is 4.86. The van der Waals surface area contributed by atoms with Crippen molar-refractivity contribution in [3.63, 3.8) is 0 Å². The van der Waals surface area contributed by atoms with Crippen molar-refractivity contribution in [3.05, 3.63) is 61.8 Å². The number of aryl methyl sites for hydroxylation is 2. The maximum absolute atomic E-state index is 12.8. The Hall–Kier alpha value is -3.04. The Balaban J connectivity index is 1.40. The van der Waals surface area contributed by atoms with Crippen LogP contribution in [0.5, 0.6) is 0 Å². The van der Waals surface area contributed by atoms with Gasteiger partial charge in [0.15, 0.2) is 6.10 Å². The Morgan fingerprint density at radius 1 is 1.35 bits per heavy atom. The number of hydrogen-bond acceptors (Lipinski definition) is 8. The minimum Gasteiger partial charge on any atom is -0.448 e. The molecule has 1 aliphatic rings. The van der Waals surface area contributed by atoms with E-state index in [1.165, 1.54) is 11.3 Å². The molecule has 0 radical (unpaired) electrons. The zero-order valence-corrected chi connectivity index (χ0v) is 18.3. The van der Waals surface area contributed by atoms with E-state index >= 15 is 0 Å². The number of aromatic nitrogens is 4. The number of ether oxygens (including phenoxy) is 1. The summed E-state index contributed by atoms with van der Waals surface area (Å²) in [7, 11) is 0. The molecule has 10 heteroatoms. The summed E-state index contributed by atoms with van der Waals surface area (Å²) in [5.41, 5.74) is 1.16. The van der Waals surface area contributed by atoms with Crippen LogP contribution in [0, 0.1) is 6.92 Å². The molecule has 0 spiro atoms. The summed E-state index contributed by atoms with van der Waals surface area (Å²) in [6.07, 6.45) is 0.911. The van der Waals surface area contributed by atoms with Gasteiger partial charge in [-0.3, -0.25) is 9.36 Å². The molecule has 0 N–H and O–H groups in total. The Bertz CT molecular complexity index is 1390. The number of fused-ring (bicyclic) bond motifs is 2. The van der Waals surface area contributed by atoms with E-state index < -0.39 is 12.1 Å².